The Bertz CT molecular complexity index is 679. The minimum atomic E-state index is -1.33. The van der Waals surface area contributed by atoms with Crippen LogP contribution in [0.5, 0.6) is 0 Å². The second kappa shape index (κ2) is 7.66. The largest absolute Gasteiger partial charge is 0.457 e. The van der Waals surface area contributed by atoms with E-state index in [2.05, 4.69) is 4.90 Å². The second-order valence-electron chi connectivity index (χ2n) is 6.55. The van der Waals surface area contributed by atoms with Gasteiger partial charge in [-0.3, -0.25) is 0 Å². The van der Waals surface area contributed by atoms with Crippen LogP contribution in [0.2, 0.25) is 0 Å². The van der Waals surface area contributed by atoms with Crippen LogP contribution in [0.25, 0.3) is 0 Å². The van der Waals surface area contributed by atoms with Gasteiger partial charge in [0.1, 0.15) is 17.2 Å². The maximum atomic E-state index is 13.3. The lowest BCUT2D eigenvalue weighted by Crippen LogP contribution is -2.28. The topological polar surface area (TPSA) is 55.1 Å². The molecule has 0 unspecified atom stereocenters. The first-order chi connectivity index (χ1) is 12.0. The van der Waals surface area contributed by atoms with Crippen LogP contribution in [0, 0.1) is 5.82 Å². The van der Waals surface area contributed by atoms with Crippen LogP contribution in [0.15, 0.2) is 40.8 Å². The van der Waals surface area contributed by atoms with Crippen LogP contribution < -0.4 is 0 Å². The van der Waals surface area contributed by atoms with Crippen molar-refractivity contribution in [2.24, 2.45) is 0 Å². The highest BCUT2D eigenvalue weighted by atomic mass is 19.1. The van der Waals surface area contributed by atoms with E-state index in [1.807, 2.05) is 14.1 Å². The predicted octanol–water partition coefficient (Wildman–Crippen LogP) is 3.04. The van der Waals surface area contributed by atoms with E-state index in [0.717, 1.165) is 13.0 Å². The first-order valence-electron chi connectivity index (χ1n) is 8.45. The van der Waals surface area contributed by atoms with Gasteiger partial charge >= 0.3 is 0 Å². The first-order valence-corrected chi connectivity index (χ1v) is 8.45. The molecule has 25 heavy (non-hydrogen) atoms. The standard InChI is InChI=1S/C19H24FNO4/c1-21(2)11-3-10-19(22,14-4-6-15(20)7-5-14)17-9-8-16(25-17)18-23-12-13-24-18/h4-9,18,22H,3,10-13H2,1-2H3/t19-/m1/s1. The van der Waals surface area contributed by atoms with Gasteiger partial charge in [-0.2, -0.15) is 0 Å². The molecule has 1 aromatic heterocycles. The van der Waals surface area contributed by atoms with Crippen molar-refractivity contribution in [3.63, 3.8) is 0 Å². The Hall–Kier alpha value is -1.73. The zero-order chi connectivity index (χ0) is 17.9. The number of ether oxygens (including phenoxy) is 2. The average molecular weight is 349 g/mol. The van der Waals surface area contributed by atoms with Gasteiger partial charge in [-0.1, -0.05) is 12.1 Å². The minimum absolute atomic E-state index is 0.340. The molecule has 2 aromatic rings. The van der Waals surface area contributed by atoms with Crippen molar-refractivity contribution >= 4 is 0 Å². The highest BCUT2D eigenvalue weighted by Crippen LogP contribution is 2.37. The summed E-state index contributed by atoms with van der Waals surface area (Å²) in [5.41, 5.74) is -0.734. The lowest BCUT2D eigenvalue weighted by atomic mass is 9.86. The summed E-state index contributed by atoms with van der Waals surface area (Å²) in [5, 5.41) is 11.4. The van der Waals surface area contributed by atoms with E-state index in [4.69, 9.17) is 13.9 Å². The number of nitrogens with zero attached hydrogens (tertiary/aromatic N) is 1. The van der Waals surface area contributed by atoms with E-state index in [9.17, 15) is 9.50 Å². The Labute approximate surface area is 147 Å². The van der Waals surface area contributed by atoms with Crippen LogP contribution in [0.4, 0.5) is 4.39 Å². The number of hydrogen-bond acceptors (Lipinski definition) is 5. The maximum absolute atomic E-state index is 13.3. The van der Waals surface area contributed by atoms with Gasteiger partial charge in [0.25, 0.3) is 0 Å². The van der Waals surface area contributed by atoms with E-state index in [0.29, 0.717) is 36.7 Å². The van der Waals surface area contributed by atoms with Crippen LogP contribution in [0.1, 0.15) is 36.2 Å². The molecule has 0 radical (unpaired) electrons. The molecule has 2 heterocycles. The van der Waals surface area contributed by atoms with Crippen molar-refractivity contribution in [3.05, 3.63) is 59.3 Å². The van der Waals surface area contributed by atoms with E-state index in [1.54, 1.807) is 24.3 Å². The molecule has 1 aromatic carbocycles. The third kappa shape index (κ3) is 4.10. The fraction of sp³-hybridized carbons (Fsp3) is 0.474. The average Bonchev–Trinajstić information content (AvgIpc) is 3.26. The molecular formula is C19H24FNO4. The normalized spacial score (nSPS) is 18.0. The molecule has 136 valence electrons. The summed E-state index contributed by atoms with van der Waals surface area (Å²) in [6.07, 6.45) is 0.678. The summed E-state index contributed by atoms with van der Waals surface area (Å²) in [4.78, 5) is 2.05. The van der Waals surface area contributed by atoms with Crippen molar-refractivity contribution in [1.29, 1.82) is 0 Å². The van der Waals surface area contributed by atoms with Crippen LogP contribution in [-0.4, -0.2) is 43.9 Å². The number of hydrogen-bond donors (Lipinski definition) is 1. The van der Waals surface area contributed by atoms with Crippen molar-refractivity contribution in [3.8, 4) is 0 Å². The summed E-state index contributed by atoms with van der Waals surface area (Å²) in [7, 11) is 3.97. The fourth-order valence-electron chi connectivity index (χ4n) is 3.01. The minimum Gasteiger partial charge on any atom is -0.457 e. The van der Waals surface area contributed by atoms with E-state index in [-0.39, 0.29) is 5.82 Å². The lowest BCUT2D eigenvalue weighted by molar-refractivity contribution is -0.0623. The number of benzene rings is 1. The molecule has 1 N–H and O–H groups in total. The van der Waals surface area contributed by atoms with Crippen LogP contribution in [0.3, 0.4) is 0 Å². The highest BCUT2D eigenvalue weighted by Gasteiger charge is 2.36. The zero-order valence-electron chi connectivity index (χ0n) is 14.6. The molecule has 1 aliphatic heterocycles. The molecule has 1 fully saturated rings. The summed E-state index contributed by atoms with van der Waals surface area (Å²) >= 11 is 0. The third-order valence-corrected chi connectivity index (χ3v) is 4.35. The molecule has 1 aliphatic rings. The summed E-state index contributed by atoms with van der Waals surface area (Å²) in [6.45, 7) is 1.86. The van der Waals surface area contributed by atoms with Crippen molar-refractivity contribution < 1.29 is 23.4 Å². The second-order valence-corrected chi connectivity index (χ2v) is 6.55. The van der Waals surface area contributed by atoms with Crippen molar-refractivity contribution in [2.45, 2.75) is 24.7 Å². The number of halogens is 1. The summed E-state index contributed by atoms with van der Waals surface area (Å²) in [5.74, 6) is 0.597. The highest BCUT2D eigenvalue weighted by molar-refractivity contribution is 5.32. The lowest BCUT2D eigenvalue weighted by Gasteiger charge is -2.27. The zero-order valence-corrected chi connectivity index (χ0v) is 14.6. The predicted molar refractivity (Wildman–Crippen MR) is 90.5 cm³/mol. The smallest absolute Gasteiger partial charge is 0.217 e. The van der Waals surface area contributed by atoms with Gasteiger partial charge in [0.2, 0.25) is 6.29 Å². The maximum Gasteiger partial charge on any atom is 0.217 e. The molecule has 6 heteroatoms. The summed E-state index contributed by atoms with van der Waals surface area (Å²) < 4.78 is 30.1. The first kappa shape index (κ1) is 18.1. The van der Waals surface area contributed by atoms with E-state index >= 15 is 0 Å². The number of rotatable bonds is 7. The Kier molecular flexibility index (Phi) is 5.54. The van der Waals surface area contributed by atoms with Gasteiger partial charge in [-0.05, 0) is 63.3 Å². The van der Waals surface area contributed by atoms with Crippen LogP contribution >= 0.6 is 0 Å². The monoisotopic (exact) mass is 349 g/mol. The van der Waals surface area contributed by atoms with E-state index in [1.165, 1.54) is 12.1 Å². The number of furan rings is 1. The van der Waals surface area contributed by atoms with Gasteiger partial charge in [0.15, 0.2) is 5.76 Å². The molecule has 3 rings (SSSR count). The third-order valence-electron chi connectivity index (χ3n) is 4.35. The quantitative estimate of drug-likeness (QED) is 0.833. The fourth-order valence-corrected chi connectivity index (χ4v) is 3.01. The van der Waals surface area contributed by atoms with Crippen molar-refractivity contribution in [2.75, 3.05) is 33.9 Å². The van der Waals surface area contributed by atoms with E-state index < -0.39 is 11.9 Å². The SMILES string of the molecule is CN(C)CCC[C@@](O)(c1ccc(F)cc1)c1ccc(C2OCCO2)o1. The molecule has 1 atom stereocenters. The molecule has 0 amide bonds. The molecule has 0 spiro atoms. The van der Waals surface area contributed by atoms with Gasteiger partial charge in [-0.15, -0.1) is 0 Å². The Morgan fingerprint density at radius 1 is 1.12 bits per heavy atom. The van der Waals surface area contributed by atoms with Gasteiger partial charge in [0, 0.05) is 0 Å². The Morgan fingerprint density at radius 2 is 1.80 bits per heavy atom. The van der Waals surface area contributed by atoms with Gasteiger partial charge < -0.3 is 23.9 Å². The molecule has 0 aliphatic carbocycles. The van der Waals surface area contributed by atoms with Crippen molar-refractivity contribution in [1.82, 2.24) is 4.90 Å². The van der Waals surface area contributed by atoms with Gasteiger partial charge in [0.05, 0.1) is 13.2 Å². The summed E-state index contributed by atoms with van der Waals surface area (Å²) in [6, 6.07) is 9.37. The Balaban J connectivity index is 1.88. The molecular weight excluding hydrogens is 325 g/mol. The molecule has 1 saturated heterocycles. The molecule has 0 saturated carbocycles. The molecule has 0 bridgehead atoms. The Morgan fingerprint density at radius 3 is 2.44 bits per heavy atom. The van der Waals surface area contributed by atoms with Gasteiger partial charge in [-0.25, -0.2) is 4.39 Å². The number of aliphatic hydroxyl groups is 1. The van der Waals surface area contributed by atoms with Crippen LogP contribution in [-0.2, 0) is 15.1 Å². The molecule has 5 nitrogen and oxygen atoms in total.